The molecule has 0 radical (unpaired) electrons. The quantitative estimate of drug-likeness (QED) is 0.755. The minimum Gasteiger partial charge on any atom is -0.480 e. The Bertz CT molecular complexity index is 460. The summed E-state index contributed by atoms with van der Waals surface area (Å²) in [7, 11) is 0. The van der Waals surface area contributed by atoms with Gasteiger partial charge in [-0.15, -0.1) is 0 Å². The average molecular weight is 299 g/mol. The van der Waals surface area contributed by atoms with Crippen molar-refractivity contribution in [1.82, 2.24) is 10.6 Å². The van der Waals surface area contributed by atoms with E-state index in [0.717, 1.165) is 5.56 Å². The Hall–Kier alpha value is -1.75. The average Bonchev–Trinajstić information content (AvgIpc) is 2.36. The van der Waals surface area contributed by atoms with Crippen LogP contribution in [0.15, 0.2) is 24.3 Å². The van der Waals surface area contributed by atoms with Crippen LogP contribution in [0.1, 0.15) is 25.8 Å². The number of carboxylic acids is 1. The molecule has 3 N–H and O–H groups in total. The zero-order valence-electron chi connectivity index (χ0n) is 11.5. The lowest BCUT2D eigenvalue weighted by Crippen LogP contribution is -2.46. The molecular formula is C14H19ClN2O3. The molecule has 1 aromatic carbocycles. The van der Waals surface area contributed by atoms with Crippen molar-refractivity contribution < 1.29 is 14.7 Å². The monoisotopic (exact) mass is 298 g/mol. The zero-order chi connectivity index (χ0) is 15.1. The number of hydrogen-bond donors (Lipinski definition) is 3. The summed E-state index contributed by atoms with van der Waals surface area (Å²) in [6.45, 7) is 4.13. The van der Waals surface area contributed by atoms with Crippen LogP contribution in [0.4, 0.5) is 4.79 Å². The molecule has 6 heteroatoms. The van der Waals surface area contributed by atoms with Crippen molar-refractivity contribution in [2.75, 3.05) is 0 Å². The standard InChI is InChI=1S/C14H19ClN2O3/c1-9(2)7-12(13(18)19)17-14(20)16-8-10-3-5-11(15)6-4-10/h3-6,9,12H,7-8H2,1-2H3,(H,18,19)(H2,16,17,20)/t12-/m1/s1. The summed E-state index contributed by atoms with van der Waals surface area (Å²) in [5, 5.41) is 14.7. The molecule has 0 unspecified atom stereocenters. The summed E-state index contributed by atoms with van der Waals surface area (Å²) >= 11 is 5.76. The Morgan fingerprint density at radius 3 is 2.35 bits per heavy atom. The predicted molar refractivity (Wildman–Crippen MR) is 77.7 cm³/mol. The van der Waals surface area contributed by atoms with Crippen molar-refractivity contribution in [3.05, 3.63) is 34.9 Å². The molecule has 20 heavy (non-hydrogen) atoms. The van der Waals surface area contributed by atoms with Gasteiger partial charge in [0.1, 0.15) is 6.04 Å². The fraction of sp³-hybridized carbons (Fsp3) is 0.429. The molecule has 1 atom stereocenters. The molecule has 0 saturated carbocycles. The zero-order valence-corrected chi connectivity index (χ0v) is 12.3. The normalized spacial score (nSPS) is 12.0. The van der Waals surface area contributed by atoms with Crippen LogP contribution in [0.5, 0.6) is 0 Å². The van der Waals surface area contributed by atoms with Gasteiger partial charge < -0.3 is 15.7 Å². The van der Waals surface area contributed by atoms with Gasteiger partial charge in [0.25, 0.3) is 0 Å². The van der Waals surface area contributed by atoms with Gasteiger partial charge in [0.2, 0.25) is 0 Å². The number of carbonyl (C=O) groups excluding carboxylic acids is 1. The van der Waals surface area contributed by atoms with Crippen LogP contribution in [0.3, 0.4) is 0 Å². The molecule has 1 aromatic rings. The highest BCUT2D eigenvalue weighted by Crippen LogP contribution is 2.09. The summed E-state index contributed by atoms with van der Waals surface area (Å²) in [6.07, 6.45) is 0.393. The lowest BCUT2D eigenvalue weighted by Gasteiger charge is -2.16. The first-order valence-corrected chi connectivity index (χ1v) is 6.78. The van der Waals surface area contributed by atoms with E-state index >= 15 is 0 Å². The lowest BCUT2D eigenvalue weighted by molar-refractivity contribution is -0.139. The Labute approximate surface area is 123 Å². The second kappa shape index (κ2) is 7.75. The highest BCUT2D eigenvalue weighted by molar-refractivity contribution is 6.30. The molecule has 2 amide bonds. The number of carbonyl (C=O) groups is 2. The minimum atomic E-state index is -1.03. The van der Waals surface area contributed by atoms with Gasteiger partial charge in [-0.25, -0.2) is 9.59 Å². The second-order valence-electron chi connectivity index (χ2n) is 4.97. The van der Waals surface area contributed by atoms with Crippen LogP contribution < -0.4 is 10.6 Å². The summed E-state index contributed by atoms with van der Waals surface area (Å²) in [6, 6.07) is 5.69. The van der Waals surface area contributed by atoms with E-state index in [1.807, 2.05) is 13.8 Å². The summed E-state index contributed by atoms with van der Waals surface area (Å²) in [5.41, 5.74) is 0.889. The first-order valence-electron chi connectivity index (χ1n) is 6.40. The largest absolute Gasteiger partial charge is 0.480 e. The van der Waals surface area contributed by atoms with Crippen LogP contribution in [-0.2, 0) is 11.3 Å². The Kier molecular flexibility index (Phi) is 6.31. The van der Waals surface area contributed by atoms with Gasteiger partial charge in [-0.1, -0.05) is 37.6 Å². The van der Waals surface area contributed by atoms with E-state index in [9.17, 15) is 9.59 Å². The van der Waals surface area contributed by atoms with E-state index in [2.05, 4.69) is 10.6 Å². The number of amides is 2. The van der Waals surface area contributed by atoms with Crippen molar-refractivity contribution in [2.45, 2.75) is 32.9 Å². The molecule has 0 fully saturated rings. The lowest BCUT2D eigenvalue weighted by atomic mass is 10.0. The van der Waals surface area contributed by atoms with Gasteiger partial charge >= 0.3 is 12.0 Å². The highest BCUT2D eigenvalue weighted by Gasteiger charge is 2.20. The molecule has 0 aliphatic carbocycles. The van der Waals surface area contributed by atoms with E-state index in [4.69, 9.17) is 16.7 Å². The van der Waals surface area contributed by atoms with E-state index in [-0.39, 0.29) is 5.92 Å². The van der Waals surface area contributed by atoms with Gasteiger partial charge in [-0.3, -0.25) is 0 Å². The first-order chi connectivity index (χ1) is 9.38. The molecule has 0 aliphatic rings. The van der Waals surface area contributed by atoms with Gasteiger partial charge in [0, 0.05) is 11.6 Å². The molecule has 0 saturated heterocycles. The molecule has 0 aliphatic heterocycles. The highest BCUT2D eigenvalue weighted by atomic mass is 35.5. The summed E-state index contributed by atoms with van der Waals surface area (Å²) in [4.78, 5) is 22.7. The molecule has 5 nitrogen and oxygen atoms in total. The van der Waals surface area contributed by atoms with E-state index in [1.54, 1.807) is 24.3 Å². The predicted octanol–water partition coefficient (Wildman–Crippen LogP) is 2.64. The van der Waals surface area contributed by atoms with Gasteiger partial charge in [-0.05, 0) is 30.0 Å². The SMILES string of the molecule is CC(C)C[C@@H](NC(=O)NCc1ccc(Cl)cc1)C(=O)O. The second-order valence-corrected chi connectivity index (χ2v) is 5.41. The Balaban J connectivity index is 2.45. The maximum Gasteiger partial charge on any atom is 0.326 e. The first kappa shape index (κ1) is 16.3. The third kappa shape index (κ3) is 5.93. The number of rotatable bonds is 6. The number of carboxylic acid groups (broad SMARTS) is 1. The number of benzene rings is 1. The van der Waals surface area contributed by atoms with Crippen molar-refractivity contribution in [3.63, 3.8) is 0 Å². The van der Waals surface area contributed by atoms with Crippen LogP contribution in [0, 0.1) is 5.92 Å². The number of hydrogen-bond acceptors (Lipinski definition) is 2. The molecule has 0 spiro atoms. The molecule has 1 rings (SSSR count). The fourth-order valence-corrected chi connectivity index (χ4v) is 1.81. The van der Waals surface area contributed by atoms with Gasteiger partial charge in [0.05, 0.1) is 0 Å². The third-order valence-electron chi connectivity index (χ3n) is 2.68. The van der Waals surface area contributed by atoms with Crippen LogP contribution in [0.25, 0.3) is 0 Å². The maximum absolute atomic E-state index is 11.7. The number of aliphatic carboxylic acids is 1. The maximum atomic E-state index is 11.7. The van der Waals surface area contributed by atoms with Crippen molar-refractivity contribution in [3.8, 4) is 0 Å². The summed E-state index contributed by atoms with van der Waals surface area (Å²) < 4.78 is 0. The smallest absolute Gasteiger partial charge is 0.326 e. The minimum absolute atomic E-state index is 0.188. The Morgan fingerprint density at radius 2 is 1.85 bits per heavy atom. The van der Waals surface area contributed by atoms with Crippen LogP contribution >= 0.6 is 11.6 Å². The molecular weight excluding hydrogens is 280 g/mol. The number of nitrogens with one attached hydrogen (secondary N) is 2. The van der Waals surface area contributed by atoms with Crippen LogP contribution in [0.2, 0.25) is 5.02 Å². The number of halogens is 1. The molecule has 0 aromatic heterocycles. The van der Waals surface area contributed by atoms with E-state index < -0.39 is 18.0 Å². The van der Waals surface area contributed by atoms with Gasteiger partial charge in [0.15, 0.2) is 0 Å². The van der Waals surface area contributed by atoms with E-state index in [0.29, 0.717) is 18.0 Å². The van der Waals surface area contributed by atoms with Crippen molar-refractivity contribution in [2.24, 2.45) is 5.92 Å². The number of urea groups is 1. The molecule has 0 bridgehead atoms. The van der Waals surface area contributed by atoms with Crippen LogP contribution in [-0.4, -0.2) is 23.1 Å². The molecule has 0 heterocycles. The van der Waals surface area contributed by atoms with Gasteiger partial charge in [-0.2, -0.15) is 0 Å². The van der Waals surface area contributed by atoms with Crippen molar-refractivity contribution in [1.29, 1.82) is 0 Å². The Morgan fingerprint density at radius 1 is 1.25 bits per heavy atom. The van der Waals surface area contributed by atoms with Crippen molar-refractivity contribution >= 4 is 23.6 Å². The third-order valence-corrected chi connectivity index (χ3v) is 2.93. The molecule has 110 valence electrons. The topological polar surface area (TPSA) is 78.4 Å². The fourth-order valence-electron chi connectivity index (χ4n) is 1.69. The summed E-state index contributed by atoms with van der Waals surface area (Å²) in [5.74, 6) is -0.840. The van der Waals surface area contributed by atoms with E-state index in [1.165, 1.54) is 0 Å².